The van der Waals surface area contributed by atoms with Crippen LogP contribution < -0.4 is 27.2 Å². The van der Waals surface area contributed by atoms with Crippen molar-refractivity contribution in [1.29, 1.82) is 0 Å². The largest absolute Gasteiger partial charge is 0.331 e. The highest BCUT2D eigenvalue weighted by Gasteiger charge is 2.11. The summed E-state index contributed by atoms with van der Waals surface area (Å²) in [6, 6.07) is 12.9. The molecule has 31 heavy (non-hydrogen) atoms. The molecule has 6 N–H and O–H groups in total. The Kier molecular flexibility index (Phi) is 7.53. The van der Waals surface area contributed by atoms with Crippen LogP contribution in [-0.2, 0) is 6.54 Å². The van der Waals surface area contributed by atoms with Gasteiger partial charge in [-0.15, -0.1) is 0 Å². The average Bonchev–Trinajstić information content (AvgIpc) is 2.74. The predicted molar refractivity (Wildman–Crippen MR) is 124 cm³/mol. The molecule has 3 rings (SSSR count). The molecule has 0 atom stereocenters. The van der Waals surface area contributed by atoms with E-state index in [2.05, 4.69) is 25.9 Å². The molecule has 8 nitrogen and oxygen atoms in total. The van der Waals surface area contributed by atoms with Gasteiger partial charge in [0.1, 0.15) is 0 Å². The van der Waals surface area contributed by atoms with Crippen molar-refractivity contribution in [2.75, 3.05) is 23.7 Å². The number of nitrogens with two attached hydrogens (primary N) is 1. The Labute approximate surface area is 181 Å². The maximum absolute atomic E-state index is 12.6. The normalized spacial score (nSPS) is 10.7. The summed E-state index contributed by atoms with van der Waals surface area (Å²) in [5.41, 5.74) is 10.1. The van der Waals surface area contributed by atoms with E-state index < -0.39 is 11.6 Å². The van der Waals surface area contributed by atoms with Gasteiger partial charge in [-0.2, -0.15) is 4.98 Å². The first kappa shape index (κ1) is 22.2. The van der Waals surface area contributed by atoms with Crippen LogP contribution in [0.5, 0.6) is 0 Å². The molecule has 2 aromatic carbocycles. The number of aromatic nitrogens is 2. The summed E-state index contributed by atoms with van der Waals surface area (Å²) in [4.78, 5) is 31.7. The summed E-state index contributed by atoms with van der Waals surface area (Å²) in [6.07, 6.45) is 2.50. The standard InChI is InChI=1S/C23H28N6O2/c1-15-6-3-4-7-20(15)27-23(31)29-22-26-14-19(21(30)28-22)18-9-8-17(12-16(18)2)13-25-11-5-10-24/h3-4,6-9,12,14,25H,5,10-11,13,24H2,1-2H3,(H3,26,27,28,29,30,31). The fraction of sp³-hybridized carbons (Fsp3) is 0.261. The summed E-state index contributed by atoms with van der Waals surface area (Å²) in [7, 11) is 0. The number of urea groups is 1. The lowest BCUT2D eigenvalue weighted by Gasteiger charge is -2.11. The van der Waals surface area contributed by atoms with Gasteiger partial charge >= 0.3 is 6.03 Å². The lowest BCUT2D eigenvalue weighted by Crippen LogP contribution is -2.23. The number of hydrogen-bond donors (Lipinski definition) is 5. The van der Waals surface area contributed by atoms with Gasteiger partial charge in [0.15, 0.2) is 0 Å². The van der Waals surface area contributed by atoms with Crippen molar-refractivity contribution < 1.29 is 4.79 Å². The van der Waals surface area contributed by atoms with E-state index in [1.54, 1.807) is 12.3 Å². The number of benzene rings is 2. The van der Waals surface area contributed by atoms with Crippen molar-refractivity contribution in [2.45, 2.75) is 26.8 Å². The lowest BCUT2D eigenvalue weighted by atomic mass is 10.0. The molecule has 0 aliphatic heterocycles. The summed E-state index contributed by atoms with van der Waals surface area (Å²) >= 11 is 0. The van der Waals surface area contributed by atoms with Crippen LogP contribution in [0.25, 0.3) is 11.1 Å². The van der Waals surface area contributed by atoms with Crippen LogP contribution in [0, 0.1) is 13.8 Å². The molecule has 1 aromatic heterocycles. The maximum Gasteiger partial charge on any atom is 0.326 e. The number of para-hydroxylation sites is 1. The summed E-state index contributed by atoms with van der Waals surface area (Å²) in [5.74, 6) is 0.0817. The first-order valence-electron chi connectivity index (χ1n) is 10.2. The van der Waals surface area contributed by atoms with Crippen molar-refractivity contribution in [3.63, 3.8) is 0 Å². The van der Waals surface area contributed by atoms with Gasteiger partial charge in [-0.25, -0.2) is 4.79 Å². The molecule has 0 aliphatic carbocycles. The fourth-order valence-electron chi connectivity index (χ4n) is 3.23. The van der Waals surface area contributed by atoms with Gasteiger partial charge in [0.25, 0.3) is 5.56 Å². The number of rotatable bonds is 8. The molecule has 0 radical (unpaired) electrons. The van der Waals surface area contributed by atoms with E-state index in [1.807, 2.05) is 50.2 Å². The smallest absolute Gasteiger partial charge is 0.326 e. The Hall–Kier alpha value is -3.49. The van der Waals surface area contributed by atoms with Crippen LogP contribution in [-0.4, -0.2) is 29.1 Å². The van der Waals surface area contributed by atoms with Crippen molar-refractivity contribution in [3.8, 4) is 11.1 Å². The van der Waals surface area contributed by atoms with Gasteiger partial charge in [-0.05, 0) is 61.7 Å². The van der Waals surface area contributed by atoms with Gasteiger partial charge < -0.3 is 21.4 Å². The number of H-pyrrole nitrogens is 1. The Morgan fingerprint density at radius 2 is 1.87 bits per heavy atom. The SMILES string of the molecule is Cc1ccccc1NC(=O)Nc1nc(=O)c(-c2ccc(CNCCCN)cc2C)c[nH]1. The summed E-state index contributed by atoms with van der Waals surface area (Å²) in [6.45, 7) is 6.13. The third-order valence-electron chi connectivity index (χ3n) is 4.89. The zero-order valence-electron chi connectivity index (χ0n) is 17.8. The van der Waals surface area contributed by atoms with Crippen LogP contribution in [0.15, 0.2) is 53.5 Å². The number of aromatic amines is 1. The first-order chi connectivity index (χ1) is 15.0. The molecule has 0 saturated carbocycles. The molecule has 8 heteroatoms. The van der Waals surface area contributed by atoms with E-state index in [0.29, 0.717) is 17.8 Å². The van der Waals surface area contributed by atoms with Gasteiger partial charge in [0, 0.05) is 18.4 Å². The van der Waals surface area contributed by atoms with Gasteiger partial charge in [0.05, 0.1) is 5.56 Å². The molecule has 1 heterocycles. The Bertz CT molecular complexity index is 1110. The van der Waals surface area contributed by atoms with Crippen molar-refractivity contribution in [2.24, 2.45) is 5.73 Å². The number of carbonyl (C=O) groups excluding carboxylic acids is 1. The molecule has 0 bridgehead atoms. The van der Waals surface area contributed by atoms with Crippen molar-refractivity contribution in [1.82, 2.24) is 15.3 Å². The lowest BCUT2D eigenvalue weighted by molar-refractivity contribution is 0.262. The fourth-order valence-corrected chi connectivity index (χ4v) is 3.23. The monoisotopic (exact) mass is 420 g/mol. The molecule has 3 aromatic rings. The van der Waals surface area contributed by atoms with E-state index in [9.17, 15) is 9.59 Å². The van der Waals surface area contributed by atoms with Gasteiger partial charge in [-0.1, -0.05) is 36.4 Å². The number of nitrogens with zero attached hydrogens (tertiary/aromatic N) is 1. The van der Waals surface area contributed by atoms with E-state index in [4.69, 9.17) is 5.73 Å². The number of hydrogen-bond acceptors (Lipinski definition) is 5. The third-order valence-corrected chi connectivity index (χ3v) is 4.89. The second-order valence-electron chi connectivity index (χ2n) is 7.33. The highest BCUT2D eigenvalue weighted by molar-refractivity contribution is 5.99. The van der Waals surface area contributed by atoms with E-state index in [0.717, 1.165) is 41.8 Å². The summed E-state index contributed by atoms with van der Waals surface area (Å²) < 4.78 is 0. The zero-order valence-corrected chi connectivity index (χ0v) is 17.8. The molecule has 0 fully saturated rings. The Morgan fingerprint density at radius 3 is 2.58 bits per heavy atom. The first-order valence-corrected chi connectivity index (χ1v) is 10.2. The highest BCUT2D eigenvalue weighted by atomic mass is 16.2. The second-order valence-corrected chi connectivity index (χ2v) is 7.33. The number of anilines is 2. The van der Waals surface area contributed by atoms with Crippen molar-refractivity contribution in [3.05, 3.63) is 75.7 Å². The highest BCUT2D eigenvalue weighted by Crippen LogP contribution is 2.21. The van der Waals surface area contributed by atoms with Crippen LogP contribution in [0.1, 0.15) is 23.1 Å². The average molecular weight is 421 g/mol. The minimum Gasteiger partial charge on any atom is -0.331 e. The van der Waals surface area contributed by atoms with Crippen LogP contribution in [0.3, 0.4) is 0 Å². The number of amides is 2. The van der Waals surface area contributed by atoms with Gasteiger partial charge in [-0.3, -0.25) is 10.1 Å². The third kappa shape index (κ3) is 6.00. The van der Waals surface area contributed by atoms with Crippen LogP contribution in [0.2, 0.25) is 0 Å². The molecule has 0 unspecified atom stereocenters. The molecule has 0 aliphatic rings. The molecule has 0 saturated heterocycles. The maximum atomic E-state index is 12.6. The zero-order chi connectivity index (χ0) is 22.2. The number of aryl methyl sites for hydroxylation is 2. The topological polar surface area (TPSA) is 125 Å². The number of nitrogens with one attached hydrogen (secondary N) is 4. The minimum atomic E-state index is -0.479. The second kappa shape index (κ2) is 10.5. The van der Waals surface area contributed by atoms with Crippen molar-refractivity contribution >= 4 is 17.7 Å². The summed E-state index contributed by atoms with van der Waals surface area (Å²) in [5, 5.41) is 8.64. The Balaban J connectivity index is 1.68. The van der Waals surface area contributed by atoms with Crippen LogP contribution in [0.4, 0.5) is 16.4 Å². The van der Waals surface area contributed by atoms with E-state index >= 15 is 0 Å². The number of carbonyl (C=O) groups is 1. The van der Waals surface area contributed by atoms with Crippen LogP contribution >= 0.6 is 0 Å². The quantitative estimate of drug-likeness (QED) is 0.358. The van der Waals surface area contributed by atoms with E-state index in [-0.39, 0.29) is 5.95 Å². The molecular formula is C23H28N6O2. The molecular weight excluding hydrogens is 392 g/mol. The molecule has 0 spiro atoms. The molecule has 2 amide bonds. The molecule has 162 valence electrons. The minimum absolute atomic E-state index is 0.0817. The predicted octanol–water partition coefficient (Wildman–Crippen LogP) is 3.14. The van der Waals surface area contributed by atoms with Gasteiger partial charge in [0.2, 0.25) is 5.95 Å². The Morgan fingerprint density at radius 1 is 1.06 bits per heavy atom. The van der Waals surface area contributed by atoms with E-state index in [1.165, 1.54) is 0 Å².